The van der Waals surface area contributed by atoms with E-state index in [1.165, 1.54) is 24.6 Å². The van der Waals surface area contributed by atoms with Gasteiger partial charge in [0.1, 0.15) is 0 Å². The topological polar surface area (TPSA) is 44.7 Å². The van der Waals surface area contributed by atoms with Crippen molar-refractivity contribution in [1.82, 2.24) is 10.2 Å². The summed E-state index contributed by atoms with van der Waals surface area (Å²) in [7, 11) is 0. The summed E-state index contributed by atoms with van der Waals surface area (Å²) >= 11 is 2.03. The Labute approximate surface area is 103 Å². The molecule has 5 heteroatoms. The first-order valence-corrected chi connectivity index (χ1v) is 7.25. The number of thioether (sulfide) groups is 1. The maximum absolute atomic E-state index is 9.51. The summed E-state index contributed by atoms with van der Waals surface area (Å²) < 4.78 is 5.14. The number of aliphatic hydroxyl groups is 1. The molecule has 1 heterocycles. The first-order valence-electron chi connectivity index (χ1n) is 6.09. The second-order valence-electron chi connectivity index (χ2n) is 3.97. The standard InChI is InChI=1S/C11H24N2O2S/c1-2-15-10-11(14)9-12-3-4-13-5-7-16-8-6-13/h11-12,14H,2-10H2,1H3. The minimum atomic E-state index is -0.378. The van der Waals surface area contributed by atoms with Gasteiger partial charge in [-0.2, -0.15) is 11.8 Å². The third-order valence-electron chi connectivity index (χ3n) is 2.60. The van der Waals surface area contributed by atoms with Gasteiger partial charge in [0.2, 0.25) is 0 Å². The van der Waals surface area contributed by atoms with Crippen LogP contribution in [0.4, 0.5) is 0 Å². The van der Waals surface area contributed by atoms with E-state index in [2.05, 4.69) is 10.2 Å². The van der Waals surface area contributed by atoms with E-state index < -0.39 is 0 Å². The van der Waals surface area contributed by atoms with E-state index in [1.54, 1.807) is 0 Å². The molecule has 4 nitrogen and oxygen atoms in total. The van der Waals surface area contributed by atoms with Crippen LogP contribution in [0, 0.1) is 0 Å². The highest BCUT2D eigenvalue weighted by Crippen LogP contribution is 2.07. The van der Waals surface area contributed by atoms with Crippen LogP contribution in [0.1, 0.15) is 6.92 Å². The van der Waals surface area contributed by atoms with Gasteiger partial charge < -0.3 is 20.1 Å². The Morgan fingerprint density at radius 3 is 2.88 bits per heavy atom. The van der Waals surface area contributed by atoms with Gasteiger partial charge in [0.05, 0.1) is 12.7 Å². The van der Waals surface area contributed by atoms with Crippen molar-refractivity contribution in [2.24, 2.45) is 0 Å². The molecule has 1 saturated heterocycles. The lowest BCUT2D eigenvalue weighted by atomic mass is 10.3. The number of aliphatic hydroxyl groups excluding tert-OH is 1. The van der Waals surface area contributed by atoms with Crippen molar-refractivity contribution < 1.29 is 9.84 Å². The van der Waals surface area contributed by atoms with E-state index in [0.717, 1.165) is 13.1 Å². The second kappa shape index (κ2) is 9.24. The highest BCUT2D eigenvalue weighted by Gasteiger charge is 2.09. The molecule has 1 fully saturated rings. The lowest BCUT2D eigenvalue weighted by Gasteiger charge is -2.26. The number of rotatable bonds is 8. The molecule has 0 aromatic rings. The summed E-state index contributed by atoms with van der Waals surface area (Å²) in [6, 6.07) is 0. The predicted octanol–water partition coefficient (Wildman–Crippen LogP) is 0.0222. The average Bonchev–Trinajstić information content (AvgIpc) is 2.33. The van der Waals surface area contributed by atoms with Crippen LogP contribution in [0.5, 0.6) is 0 Å². The van der Waals surface area contributed by atoms with E-state index in [-0.39, 0.29) is 6.10 Å². The molecule has 0 amide bonds. The van der Waals surface area contributed by atoms with Crippen molar-refractivity contribution >= 4 is 11.8 Å². The second-order valence-corrected chi connectivity index (χ2v) is 5.20. The van der Waals surface area contributed by atoms with Gasteiger partial charge in [-0.3, -0.25) is 0 Å². The van der Waals surface area contributed by atoms with Crippen LogP contribution < -0.4 is 5.32 Å². The Morgan fingerprint density at radius 2 is 2.19 bits per heavy atom. The van der Waals surface area contributed by atoms with E-state index in [1.807, 2.05) is 18.7 Å². The van der Waals surface area contributed by atoms with Crippen LogP contribution in [0.25, 0.3) is 0 Å². The molecule has 1 unspecified atom stereocenters. The van der Waals surface area contributed by atoms with Crippen LogP contribution in [0.15, 0.2) is 0 Å². The Kier molecular flexibility index (Phi) is 8.23. The summed E-state index contributed by atoms with van der Waals surface area (Å²) in [5.41, 5.74) is 0. The number of nitrogens with one attached hydrogen (secondary N) is 1. The average molecular weight is 248 g/mol. The quantitative estimate of drug-likeness (QED) is 0.593. The molecule has 1 atom stereocenters. The van der Waals surface area contributed by atoms with Crippen molar-refractivity contribution in [1.29, 1.82) is 0 Å². The molecule has 0 spiro atoms. The number of ether oxygens (including phenoxy) is 1. The fourth-order valence-electron chi connectivity index (χ4n) is 1.64. The van der Waals surface area contributed by atoms with E-state index in [4.69, 9.17) is 4.74 Å². The molecule has 1 aliphatic rings. The van der Waals surface area contributed by atoms with Gasteiger partial charge >= 0.3 is 0 Å². The molecule has 0 bridgehead atoms. The Hall–Kier alpha value is 0.190. The molecule has 1 aliphatic heterocycles. The maximum atomic E-state index is 9.51. The highest BCUT2D eigenvalue weighted by molar-refractivity contribution is 7.99. The Morgan fingerprint density at radius 1 is 1.44 bits per heavy atom. The van der Waals surface area contributed by atoms with Crippen LogP contribution >= 0.6 is 11.8 Å². The van der Waals surface area contributed by atoms with Crippen LogP contribution in [0.3, 0.4) is 0 Å². The van der Waals surface area contributed by atoms with E-state index >= 15 is 0 Å². The fourth-order valence-corrected chi connectivity index (χ4v) is 2.62. The molecule has 0 aromatic heterocycles. The van der Waals surface area contributed by atoms with Crippen molar-refractivity contribution in [2.75, 3.05) is 57.4 Å². The zero-order chi connectivity index (χ0) is 11.6. The summed E-state index contributed by atoms with van der Waals surface area (Å²) in [5.74, 6) is 2.51. The van der Waals surface area contributed by atoms with Crippen molar-refractivity contribution in [3.05, 3.63) is 0 Å². The van der Waals surface area contributed by atoms with Gasteiger partial charge in [0, 0.05) is 50.8 Å². The number of nitrogens with zero attached hydrogens (tertiary/aromatic N) is 1. The molecule has 2 N–H and O–H groups in total. The van der Waals surface area contributed by atoms with Gasteiger partial charge in [-0.25, -0.2) is 0 Å². The van der Waals surface area contributed by atoms with E-state index in [9.17, 15) is 5.11 Å². The van der Waals surface area contributed by atoms with Crippen LogP contribution in [0.2, 0.25) is 0 Å². The lowest BCUT2D eigenvalue weighted by Crippen LogP contribution is -2.40. The normalized spacial score (nSPS) is 19.9. The first kappa shape index (κ1) is 14.3. The Bertz CT molecular complexity index is 166. The molecule has 0 aliphatic carbocycles. The van der Waals surface area contributed by atoms with Gasteiger partial charge in [-0.05, 0) is 6.92 Å². The molecule has 1 rings (SSSR count). The van der Waals surface area contributed by atoms with Crippen molar-refractivity contribution in [3.8, 4) is 0 Å². The van der Waals surface area contributed by atoms with Gasteiger partial charge in [-0.1, -0.05) is 0 Å². The maximum Gasteiger partial charge on any atom is 0.0897 e. The lowest BCUT2D eigenvalue weighted by molar-refractivity contribution is 0.0427. The molecule has 16 heavy (non-hydrogen) atoms. The van der Waals surface area contributed by atoms with Crippen molar-refractivity contribution in [2.45, 2.75) is 13.0 Å². The molecular formula is C11H24N2O2S. The first-order chi connectivity index (χ1) is 7.83. The molecule has 0 saturated carbocycles. The van der Waals surface area contributed by atoms with Gasteiger partial charge in [-0.15, -0.1) is 0 Å². The monoisotopic (exact) mass is 248 g/mol. The molecule has 0 aromatic carbocycles. The third kappa shape index (κ3) is 6.70. The number of hydrogen-bond acceptors (Lipinski definition) is 5. The summed E-state index contributed by atoms with van der Waals surface area (Å²) in [6.07, 6.45) is -0.378. The SMILES string of the molecule is CCOCC(O)CNCCN1CCSCC1. The zero-order valence-corrected chi connectivity index (χ0v) is 11.0. The molecule has 96 valence electrons. The molecule has 0 radical (unpaired) electrons. The highest BCUT2D eigenvalue weighted by atomic mass is 32.2. The predicted molar refractivity (Wildman–Crippen MR) is 69.1 cm³/mol. The number of hydrogen-bond donors (Lipinski definition) is 2. The summed E-state index contributed by atoms with van der Waals surface area (Å²) in [5, 5.41) is 12.8. The van der Waals surface area contributed by atoms with Crippen molar-refractivity contribution in [3.63, 3.8) is 0 Å². The van der Waals surface area contributed by atoms with Crippen LogP contribution in [-0.4, -0.2) is 73.6 Å². The molecular weight excluding hydrogens is 224 g/mol. The largest absolute Gasteiger partial charge is 0.389 e. The zero-order valence-electron chi connectivity index (χ0n) is 10.2. The summed E-state index contributed by atoms with van der Waals surface area (Å²) in [6.45, 7) is 8.11. The smallest absolute Gasteiger partial charge is 0.0897 e. The van der Waals surface area contributed by atoms with Gasteiger partial charge in [0.15, 0.2) is 0 Å². The minimum absolute atomic E-state index is 0.378. The third-order valence-corrected chi connectivity index (χ3v) is 3.55. The van der Waals surface area contributed by atoms with Crippen LogP contribution in [-0.2, 0) is 4.74 Å². The van der Waals surface area contributed by atoms with E-state index in [0.29, 0.717) is 19.8 Å². The summed E-state index contributed by atoms with van der Waals surface area (Å²) in [4.78, 5) is 2.47. The Balaban J connectivity index is 1.90. The minimum Gasteiger partial charge on any atom is -0.389 e. The fraction of sp³-hybridized carbons (Fsp3) is 1.00. The van der Waals surface area contributed by atoms with Gasteiger partial charge in [0.25, 0.3) is 0 Å².